The van der Waals surface area contributed by atoms with Gasteiger partial charge in [-0.05, 0) is 45.9 Å². The van der Waals surface area contributed by atoms with Crippen LogP contribution in [0.1, 0.15) is 0 Å². The van der Waals surface area contributed by atoms with Gasteiger partial charge in [0.2, 0.25) is 8.07 Å². The molecule has 0 aliphatic rings. The predicted molar refractivity (Wildman–Crippen MR) is 150 cm³/mol. The van der Waals surface area contributed by atoms with Crippen molar-refractivity contribution in [1.29, 1.82) is 0 Å². The van der Waals surface area contributed by atoms with E-state index < -0.39 is 8.07 Å². The van der Waals surface area contributed by atoms with Crippen molar-refractivity contribution < 1.29 is 0 Å². The van der Waals surface area contributed by atoms with Crippen LogP contribution in [0.4, 0.5) is 0 Å². The quantitative estimate of drug-likeness (QED) is 0.263. The molecule has 4 aromatic carbocycles. The summed E-state index contributed by atoms with van der Waals surface area (Å²) in [6.07, 6.45) is 3.93. The SMILES string of the molecule is c1ccc(-n2ccc([Si](c3ccccc3)(c3ccccc3)c3cccc(-c4ccccn4)c3)n2)cc1. The Morgan fingerprint density at radius 3 is 1.78 bits per heavy atom. The Kier molecular flexibility index (Phi) is 5.86. The van der Waals surface area contributed by atoms with Gasteiger partial charge in [-0.15, -0.1) is 0 Å². The van der Waals surface area contributed by atoms with Crippen molar-refractivity contribution in [2.75, 3.05) is 0 Å². The summed E-state index contributed by atoms with van der Waals surface area (Å²) in [5, 5.41) is 10.2. The van der Waals surface area contributed by atoms with E-state index in [2.05, 4.69) is 120 Å². The first-order valence-electron chi connectivity index (χ1n) is 12.1. The highest BCUT2D eigenvalue weighted by atomic mass is 28.3. The lowest BCUT2D eigenvalue weighted by atomic mass is 10.1. The predicted octanol–water partition coefficient (Wildman–Crippen LogP) is 4.31. The second-order valence-corrected chi connectivity index (χ2v) is 12.5. The maximum Gasteiger partial charge on any atom is 0.204 e. The van der Waals surface area contributed by atoms with Gasteiger partial charge in [0.25, 0.3) is 0 Å². The summed E-state index contributed by atoms with van der Waals surface area (Å²) in [6, 6.07) is 49.2. The Morgan fingerprint density at radius 1 is 0.528 bits per heavy atom. The van der Waals surface area contributed by atoms with Gasteiger partial charge >= 0.3 is 0 Å². The summed E-state index contributed by atoms with van der Waals surface area (Å²) >= 11 is 0. The molecule has 0 fully saturated rings. The van der Waals surface area contributed by atoms with Crippen LogP contribution >= 0.6 is 0 Å². The van der Waals surface area contributed by atoms with E-state index in [0.29, 0.717) is 0 Å². The van der Waals surface area contributed by atoms with E-state index in [0.717, 1.165) is 22.3 Å². The van der Waals surface area contributed by atoms with Crippen molar-refractivity contribution >= 4 is 29.0 Å². The van der Waals surface area contributed by atoms with Crippen LogP contribution in [-0.4, -0.2) is 22.8 Å². The fourth-order valence-corrected chi connectivity index (χ4v) is 9.59. The summed E-state index contributed by atoms with van der Waals surface area (Å²) in [7, 11) is -2.74. The van der Waals surface area contributed by atoms with Crippen LogP contribution in [0, 0.1) is 0 Å². The number of nitrogens with zero attached hydrogens (tertiary/aromatic N) is 3. The molecule has 2 aromatic heterocycles. The van der Waals surface area contributed by atoms with E-state index in [1.807, 2.05) is 41.2 Å². The second kappa shape index (κ2) is 9.60. The first kappa shape index (κ1) is 22.0. The first-order chi connectivity index (χ1) is 17.9. The lowest BCUT2D eigenvalue weighted by Gasteiger charge is -2.32. The molecule has 6 rings (SSSR count). The minimum Gasteiger partial charge on any atom is -0.256 e. The van der Waals surface area contributed by atoms with Crippen LogP contribution in [0.15, 0.2) is 152 Å². The molecule has 36 heavy (non-hydrogen) atoms. The number of para-hydroxylation sites is 1. The minimum absolute atomic E-state index is 0.971. The smallest absolute Gasteiger partial charge is 0.204 e. The normalized spacial score (nSPS) is 11.3. The van der Waals surface area contributed by atoms with Crippen molar-refractivity contribution in [2.24, 2.45) is 0 Å². The third-order valence-electron chi connectivity index (χ3n) is 6.66. The van der Waals surface area contributed by atoms with Crippen molar-refractivity contribution in [3.63, 3.8) is 0 Å². The summed E-state index contributed by atoms with van der Waals surface area (Å²) in [5.41, 5.74) is 3.13. The van der Waals surface area contributed by atoms with Crippen molar-refractivity contribution in [3.8, 4) is 16.9 Å². The molecule has 2 heterocycles. The molecule has 0 amide bonds. The van der Waals surface area contributed by atoms with Gasteiger partial charge in [0.05, 0.1) is 16.7 Å². The summed E-state index contributed by atoms with van der Waals surface area (Å²) in [6.45, 7) is 0. The zero-order valence-electron chi connectivity index (χ0n) is 19.8. The molecule has 0 unspecified atom stereocenters. The van der Waals surface area contributed by atoms with Gasteiger partial charge in [-0.3, -0.25) is 4.98 Å². The lowest BCUT2D eigenvalue weighted by Crippen LogP contribution is -2.75. The zero-order chi connectivity index (χ0) is 24.2. The van der Waals surface area contributed by atoms with Gasteiger partial charge < -0.3 is 0 Å². The highest BCUT2D eigenvalue weighted by Crippen LogP contribution is 2.17. The van der Waals surface area contributed by atoms with Crippen LogP contribution in [0.25, 0.3) is 16.9 Å². The minimum atomic E-state index is -2.74. The maximum atomic E-state index is 5.25. The van der Waals surface area contributed by atoms with Crippen LogP contribution in [0.3, 0.4) is 0 Å². The molecule has 0 atom stereocenters. The number of hydrogen-bond acceptors (Lipinski definition) is 2. The summed E-state index contributed by atoms with van der Waals surface area (Å²) < 4.78 is 1.99. The molecule has 0 saturated carbocycles. The van der Waals surface area contributed by atoms with Crippen LogP contribution in [0.5, 0.6) is 0 Å². The molecule has 0 bridgehead atoms. The Bertz CT molecular complexity index is 1520. The van der Waals surface area contributed by atoms with Crippen LogP contribution in [-0.2, 0) is 0 Å². The number of aromatic nitrogens is 3. The Labute approximate surface area is 212 Å². The van der Waals surface area contributed by atoms with E-state index in [1.54, 1.807) is 0 Å². The van der Waals surface area contributed by atoms with Crippen molar-refractivity contribution in [1.82, 2.24) is 14.8 Å². The lowest BCUT2D eigenvalue weighted by molar-refractivity contribution is 0.891. The molecule has 0 aliphatic heterocycles. The Balaban J connectivity index is 1.65. The molecule has 0 spiro atoms. The molecule has 0 radical (unpaired) electrons. The largest absolute Gasteiger partial charge is 0.256 e. The van der Waals surface area contributed by atoms with Gasteiger partial charge in [-0.2, -0.15) is 5.10 Å². The third kappa shape index (κ3) is 3.88. The van der Waals surface area contributed by atoms with Gasteiger partial charge in [-0.1, -0.05) is 109 Å². The highest BCUT2D eigenvalue weighted by molar-refractivity contribution is 7.19. The summed E-state index contributed by atoms with van der Waals surface area (Å²) in [5.74, 6) is 0. The number of pyridine rings is 1. The fourth-order valence-electron chi connectivity index (χ4n) is 5.01. The fraction of sp³-hybridized carbons (Fsp3) is 0. The summed E-state index contributed by atoms with van der Waals surface area (Å²) in [4.78, 5) is 4.63. The average Bonchev–Trinajstić information content (AvgIpc) is 3.46. The van der Waals surface area contributed by atoms with Crippen molar-refractivity contribution in [3.05, 3.63) is 152 Å². The number of hydrogen-bond donors (Lipinski definition) is 0. The molecule has 172 valence electrons. The molecule has 3 nitrogen and oxygen atoms in total. The maximum absolute atomic E-state index is 5.25. The number of rotatable bonds is 6. The van der Waals surface area contributed by atoms with Gasteiger partial charge in [0.15, 0.2) is 0 Å². The van der Waals surface area contributed by atoms with Crippen molar-refractivity contribution in [2.45, 2.75) is 0 Å². The Hall–Kier alpha value is -4.54. The number of benzene rings is 4. The van der Waals surface area contributed by atoms with E-state index >= 15 is 0 Å². The van der Waals surface area contributed by atoms with E-state index in [1.165, 1.54) is 15.6 Å². The van der Waals surface area contributed by atoms with Gasteiger partial charge in [-0.25, -0.2) is 4.68 Å². The van der Waals surface area contributed by atoms with Gasteiger partial charge in [0, 0.05) is 18.0 Å². The monoisotopic (exact) mass is 479 g/mol. The van der Waals surface area contributed by atoms with Crippen LogP contribution < -0.4 is 20.9 Å². The average molecular weight is 480 g/mol. The molecule has 6 aromatic rings. The van der Waals surface area contributed by atoms with E-state index in [-0.39, 0.29) is 0 Å². The molecular formula is C32H25N3Si. The third-order valence-corrected chi connectivity index (χ3v) is 11.3. The topological polar surface area (TPSA) is 30.7 Å². The standard InChI is InChI=1S/C32H25N3Si/c1-4-14-27(15-5-1)35-24-22-32(34-35)36(28-16-6-2-7-17-28,29-18-8-3-9-19-29)30-20-12-13-26(25-30)31-21-10-11-23-33-31/h1-25H. The van der Waals surface area contributed by atoms with E-state index in [4.69, 9.17) is 5.10 Å². The molecule has 0 aliphatic carbocycles. The van der Waals surface area contributed by atoms with Crippen LogP contribution in [0.2, 0.25) is 0 Å². The molecule has 0 N–H and O–H groups in total. The van der Waals surface area contributed by atoms with Gasteiger partial charge in [0.1, 0.15) is 0 Å². The zero-order valence-corrected chi connectivity index (χ0v) is 20.8. The molecule has 4 heteroatoms. The Morgan fingerprint density at radius 2 is 1.14 bits per heavy atom. The second-order valence-electron chi connectivity index (χ2n) is 8.76. The first-order valence-corrected chi connectivity index (χ1v) is 14.1. The molecule has 0 saturated heterocycles. The molecular weight excluding hydrogens is 454 g/mol. The highest BCUT2D eigenvalue weighted by Gasteiger charge is 2.43. The van der Waals surface area contributed by atoms with E-state index in [9.17, 15) is 0 Å².